The van der Waals surface area contributed by atoms with Crippen molar-refractivity contribution in [2.45, 2.75) is 12.6 Å². The molecule has 1 fully saturated rings. The molecule has 1 unspecified atom stereocenters. The number of ether oxygens (including phenoxy) is 4. The van der Waals surface area contributed by atoms with Crippen molar-refractivity contribution in [3.05, 3.63) is 17.7 Å². The molecular weight excluding hydrogens is 308 g/mol. The molecular formula is C15H25ClN2O4. The van der Waals surface area contributed by atoms with Gasteiger partial charge in [0.15, 0.2) is 11.5 Å². The molecule has 1 aromatic carbocycles. The minimum atomic E-state index is 0. The van der Waals surface area contributed by atoms with Gasteiger partial charge >= 0.3 is 0 Å². The van der Waals surface area contributed by atoms with Crippen LogP contribution < -0.4 is 19.9 Å². The second-order valence-corrected chi connectivity index (χ2v) is 5.00. The van der Waals surface area contributed by atoms with Crippen LogP contribution in [0.15, 0.2) is 12.1 Å². The minimum Gasteiger partial charge on any atom is -0.493 e. The highest BCUT2D eigenvalue weighted by atomic mass is 35.5. The van der Waals surface area contributed by atoms with E-state index in [-0.39, 0.29) is 18.5 Å². The topological polar surface area (TPSA) is 66.2 Å². The molecule has 0 bridgehead atoms. The second kappa shape index (κ2) is 9.05. The van der Waals surface area contributed by atoms with Gasteiger partial charge in [-0.05, 0) is 17.7 Å². The molecule has 1 aliphatic rings. The third-order valence-corrected chi connectivity index (χ3v) is 3.62. The van der Waals surface area contributed by atoms with Gasteiger partial charge in [0.05, 0.1) is 34.0 Å². The van der Waals surface area contributed by atoms with Crippen LogP contribution in [0.3, 0.4) is 0 Å². The van der Waals surface area contributed by atoms with Gasteiger partial charge < -0.3 is 24.7 Å². The summed E-state index contributed by atoms with van der Waals surface area (Å²) in [4.78, 5) is 2.32. The Morgan fingerprint density at radius 1 is 1.18 bits per heavy atom. The Morgan fingerprint density at radius 3 is 2.32 bits per heavy atom. The predicted molar refractivity (Wildman–Crippen MR) is 87.4 cm³/mol. The first-order valence-corrected chi connectivity index (χ1v) is 7.04. The zero-order chi connectivity index (χ0) is 15.2. The second-order valence-electron chi connectivity index (χ2n) is 5.00. The van der Waals surface area contributed by atoms with E-state index in [1.165, 1.54) is 0 Å². The summed E-state index contributed by atoms with van der Waals surface area (Å²) in [6, 6.07) is 3.96. The van der Waals surface area contributed by atoms with E-state index < -0.39 is 0 Å². The van der Waals surface area contributed by atoms with Gasteiger partial charge in [0.1, 0.15) is 0 Å². The maximum absolute atomic E-state index is 5.68. The minimum absolute atomic E-state index is 0. The van der Waals surface area contributed by atoms with Crippen molar-refractivity contribution in [3.8, 4) is 17.2 Å². The lowest BCUT2D eigenvalue weighted by Crippen LogP contribution is -2.45. The summed E-state index contributed by atoms with van der Waals surface area (Å²) in [6.45, 7) is 3.80. The average molecular weight is 333 g/mol. The number of morpholine rings is 1. The van der Waals surface area contributed by atoms with Gasteiger partial charge in [0, 0.05) is 26.2 Å². The first-order chi connectivity index (χ1) is 10.2. The molecule has 0 amide bonds. The Bertz CT molecular complexity index is 448. The fourth-order valence-electron chi connectivity index (χ4n) is 2.55. The van der Waals surface area contributed by atoms with Crippen LogP contribution in [0.5, 0.6) is 17.2 Å². The van der Waals surface area contributed by atoms with Crippen LogP contribution in [0.4, 0.5) is 0 Å². The molecule has 0 saturated carbocycles. The molecule has 2 N–H and O–H groups in total. The van der Waals surface area contributed by atoms with Gasteiger partial charge in [-0.2, -0.15) is 0 Å². The number of methoxy groups -OCH3 is 3. The highest BCUT2D eigenvalue weighted by Crippen LogP contribution is 2.38. The summed E-state index contributed by atoms with van der Waals surface area (Å²) in [5.41, 5.74) is 6.79. The van der Waals surface area contributed by atoms with E-state index in [1.807, 2.05) is 12.1 Å². The summed E-state index contributed by atoms with van der Waals surface area (Å²) in [5, 5.41) is 0. The molecule has 2 rings (SSSR count). The molecule has 7 heteroatoms. The lowest BCUT2D eigenvalue weighted by atomic mass is 10.1. The van der Waals surface area contributed by atoms with Crippen molar-refractivity contribution in [1.82, 2.24) is 4.90 Å². The maximum Gasteiger partial charge on any atom is 0.203 e. The zero-order valence-corrected chi connectivity index (χ0v) is 14.1. The first-order valence-electron chi connectivity index (χ1n) is 7.04. The van der Waals surface area contributed by atoms with Crippen LogP contribution in [0.2, 0.25) is 0 Å². The number of nitrogens with zero attached hydrogens (tertiary/aromatic N) is 1. The lowest BCUT2D eigenvalue weighted by Gasteiger charge is -2.32. The van der Waals surface area contributed by atoms with Crippen LogP contribution in [-0.2, 0) is 11.3 Å². The van der Waals surface area contributed by atoms with Crippen molar-refractivity contribution < 1.29 is 18.9 Å². The highest BCUT2D eigenvalue weighted by Gasteiger charge is 2.20. The standard InChI is InChI=1S/C15H24N2O4.ClH/c1-18-13-6-11(7-14(19-2)15(13)20-3)9-17-4-5-21-12(8-16)10-17;/h6-7,12H,4-5,8-10,16H2,1-3H3;1H. The summed E-state index contributed by atoms with van der Waals surface area (Å²) in [7, 11) is 4.86. The van der Waals surface area contributed by atoms with Crippen LogP contribution in [0, 0.1) is 0 Å². The third-order valence-electron chi connectivity index (χ3n) is 3.62. The van der Waals surface area contributed by atoms with Crippen LogP contribution in [-0.4, -0.2) is 58.6 Å². The van der Waals surface area contributed by atoms with Gasteiger partial charge in [0.25, 0.3) is 0 Å². The van der Waals surface area contributed by atoms with E-state index in [0.717, 1.165) is 25.2 Å². The van der Waals surface area contributed by atoms with E-state index in [2.05, 4.69) is 4.90 Å². The molecule has 126 valence electrons. The molecule has 0 radical (unpaired) electrons. The number of hydrogen-bond acceptors (Lipinski definition) is 6. The quantitative estimate of drug-likeness (QED) is 0.847. The van der Waals surface area contributed by atoms with Gasteiger partial charge in [0.2, 0.25) is 5.75 Å². The maximum atomic E-state index is 5.68. The monoisotopic (exact) mass is 332 g/mol. The largest absolute Gasteiger partial charge is 0.493 e. The summed E-state index contributed by atoms with van der Waals surface area (Å²) in [5.74, 6) is 1.97. The molecule has 6 nitrogen and oxygen atoms in total. The molecule has 1 saturated heterocycles. The lowest BCUT2D eigenvalue weighted by molar-refractivity contribution is -0.0260. The van der Waals surface area contributed by atoms with Gasteiger partial charge in [-0.15, -0.1) is 12.4 Å². The highest BCUT2D eigenvalue weighted by molar-refractivity contribution is 5.85. The molecule has 0 aliphatic carbocycles. The van der Waals surface area contributed by atoms with Gasteiger partial charge in [-0.3, -0.25) is 4.90 Å². The SMILES string of the molecule is COc1cc(CN2CCOC(CN)C2)cc(OC)c1OC.Cl. The number of hydrogen-bond donors (Lipinski definition) is 1. The van der Waals surface area contributed by atoms with Gasteiger partial charge in [-0.1, -0.05) is 0 Å². The predicted octanol–water partition coefficient (Wildman–Crippen LogP) is 1.29. The molecule has 1 atom stereocenters. The van der Waals surface area contributed by atoms with Crippen molar-refractivity contribution in [1.29, 1.82) is 0 Å². The van der Waals surface area contributed by atoms with Crippen molar-refractivity contribution in [3.63, 3.8) is 0 Å². The van der Waals surface area contributed by atoms with Crippen molar-refractivity contribution in [2.24, 2.45) is 5.73 Å². The number of halogens is 1. The van der Waals surface area contributed by atoms with Crippen LogP contribution >= 0.6 is 12.4 Å². The number of benzene rings is 1. The van der Waals surface area contributed by atoms with Crippen molar-refractivity contribution >= 4 is 12.4 Å². The summed E-state index contributed by atoms with van der Waals surface area (Å²) in [6.07, 6.45) is 0.112. The van der Waals surface area contributed by atoms with E-state index in [9.17, 15) is 0 Å². The fourth-order valence-corrected chi connectivity index (χ4v) is 2.55. The van der Waals surface area contributed by atoms with Gasteiger partial charge in [-0.25, -0.2) is 0 Å². The Labute approximate surface area is 137 Å². The Hall–Kier alpha value is -1.21. The average Bonchev–Trinajstić information content (AvgIpc) is 2.53. The molecule has 1 aromatic rings. The van der Waals surface area contributed by atoms with E-state index in [4.69, 9.17) is 24.7 Å². The van der Waals surface area contributed by atoms with Crippen LogP contribution in [0.25, 0.3) is 0 Å². The van der Waals surface area contributed by atoms with Crippen LogP contribution in [0.1, 0.15) is 5.56 Å². The molecule has 0 spiro atoms. The van der Waals surface area contributed by atoms with E-state index in [1.54, 1.807) is 21.3 Å². The molecule has 1 aliphatic heterocycles. The number of rotatable bonds is 6. The molecule has 0 aromatic heterocycles. The Morgan fingerprint density at radius 2 is 1.82 bits per heavy atom. The number of nitrogens with two attached hydrogens (primary N) is 1. The van der Waals surface area contributed by atoms with Crippen molar-refractivity contribution in [2.75, 3.05) is 47.6 Å². The first kappa shape index (κ1) is 18.8. The Kier molecular flexibility index (Phi) is 7.75. The Balaban J connectivity index is 0.00000242. The molecule has 22 heavy (non-hydrogen) atoms. The summed E-state index contributed by atoms with van der Waals surface area (Å²) < 4.78 is 21.7. The van der Waals surface area contributed by atoms with E-state index in [0.29, 0.717) is 30.4 Å². The normalized spacial score (nSPS) is 18.5. The fraction of sp³-hybridized carbons (Fsp3) is 0.600. The molecule has 1 heterocycles. The summed E-state index contributed by atoms with van der Waals surface area (Å²) >= 11 is 0. The smallest absolute Gasteiger partial charge is 0.203 e. The zero-order valence-electron chi connectivity index (χ0n) is 13.3. The van der Waals surface area contributed by atoms with E-state index >= 15 is 0 Å². The third kappa shape index (κ3) is 4.39.